The van der Waals surface area contributed by atoms with E-state index in [-0.39, 0.29) is 11.5 Å². The van der Waals surface area contributed by atoms with Gasteiger partial charge in [-0.1, -0.05) is 0 Å². The highest BCUT2D eigenvalue weighted by molar-refractivity contribution is 5.79. The number of carbonyl (C=O) groups is 1. The van der Waals surface area contributed by atoms with Gasteiger partial charge in [0.25, 0.3) is 0 Å². The van der Waals surface area contributed by atoms with Gasteiger partial charge in [-0.05, 0) is 13.8 Å². The molecule has 1 rings (SSSR count). The van der Waals surface area contributed by atoms with Crippen molar-refractivity contribution in [2.24, 2.45) is 4.99 Å². The number of rotatable bonds is 6. The summed E-state index contributed by atoms with van der Waals surface area (Å²) in [5.74, 6) is 0.954. The Morgan fingerprint density at radius 1 is 1.23 bits per heavy atom. The number of nitrogens with zero attached hydrogens (tertiary/aromatic N) is 3. The van der Waals surface area contributed by atoms with Crippen LogP contribution in [-0.2, 0) is 9.53 Å². The van der Waals surface area contributed by atoms with Crippen LogP contribution in [0.25, 0.3) is 0 Å². The Kier molecular flexibility index (Phi) is 7.61. The van der Waals surface area contributed by atoms with E-state index in [1.165, 1.54) is 0 Å². The molecule has 0 aromatic rings. The topological polar surface area (TPSA) is 69.2 Å². The van der Waals surface area contributed by atoms with Gasteiger partial charge in [0.1, 0.15) is 0 Å². The van der Waals surface area contributed by atoms with Gasteiger partial charge in [0.2, 0.25) is 5.91 Å². The summed E-state index contributed by atoms with van der Waals surface area (Å²) in [6.07, 6.45) is 0. The van der Waals surface area contributed by atoms with Crippen molar-refractivity contribution in [1.82, 2.24) is 20.4 Å². The van der Waals surface area contributed by atoms with Gasteiger partial charge in [0.15, 0.2) is 5.96 Å². The predicted octanol–water partition coefficient (Wildman–Crippen LogP) is -0.259. The standard InChI is InChI=1S/C15H31N5O2/c1-13(21)20-10-8-19(9-11-20)7-6-17-14(16-4)18-12-15(2,3)22-5/h6-12H2,1-5H3,(H2,16,17,18). The molecule has 1 heterocycles. The summed E-state index contributed by atoms with van der Waals surface area (Å²) < 4.78 is 5.38. The third-order valence-corrected chi connectivity index (χ3v) is 4.00. The highest BCUT2D eigenvalue weighted by Crippen LogP contribution is 2.04. The van der Waals surface area contributed by atoms with Crippen molar-refractivity contribution in [3.8, 4) is 0 Å². The molecule has 1 aliphatic heterocycles. The Bertz CT molecular complexity index is 376. The lowest BCUT2D eigenvalue weighted by molar-refractivity contribution is -0.130. The molecule has 7 nitrogen and oxygen atoms in total. The number of amides is 1. The molecule has 0 aromatic heterocycles. The molecule has 22 heavy (non-hydrogen) atoms. The molecule has 0 saturated carbocycles. The van der Waals surface area contributed by atoms with E-state index in [1.54, 1.807) is 21.1 Å². The molecule has 0 atom stereocenters. The number of methoxy groups -OCH3 is 1. The number of piperazine rings is 1. The summed E-state index contributed by atoms with van der Waals surface area (Å²) in [5, 5.41) is 6.57. The molecule has 0 unspecified atom stereocenters. The van der Waals surface area contributed by atoms with Crippen molar-refractivity contribution in [2.45, 2.75) is 26.4 Å². The minimum atomic E-state index is -0.222. The Balaban J connectivity index is 2.21. The van der Waals surface area contributed by atoms with E-state index in [0.717, 1.165) is 45.2 Å². The van der Waals surface area contributed by atoms with E-state index in [2.05, 4.69) is 20.5 Å². The maximum atomic E-state index is 11.3. The molecule has 128 valence electrons. The lowest BCUT2D eigenvalue weighted by Crippen LogP contribution is -2.51. The second-order valence-corrected chi connectivity index (χ2v) is 6.16. The zero-order valence-corrected chi connectivity index (χ0v) is 14.6. The third-order valence-electron chi connectivity index (χ3n) is 4.00. The van der Waals surface area contributed by atoms with E-state index in [1.807, 2.05) is 18.7 Å². The van der Waals surface area contributed by atoms with Crippen molar-refractivity contribution in [3.63, 3.8) is 0 Å². The van der Waals surface area contributed by atoms with Gasteiger partial charge in [-0.3, -0.25) is 14.7 Å². The van der Waals surface area contributed by atoms with Gasteiger partial charge in [0, 0.05) is 66.9 Å². The van der Waals surface area contributed by atoms with Crippen LogP contribution in [0.3, 0.4) is 0 Å². The first-order valence-corrected chi connectivity index (χ1v) is 7.85. The molecule has 0 aliphatic carbocycles. The lowest BCUT2D eigenvalue weighted by Gasteiger charge is -2.34. The number of aliphatic imine (C=N–C) groups is 1. The summed E-state index contributed by atoms with van der Waals surface area (Å²) in [5.41, 5.74) is -0.222. The zero-order valence-electron chi connectivity index (χ0n) is 14.6. The third kappa shape index (κ3) is 6.62. The van der Waals surface area contributed by atoms with Crippen molar-refractivity contribution < 1.29 is 9.53 Å². The van der Waals surface area contributed by atoms with Crippen LogP contribution in [0.1, 0.15) is 20.8 Å². The Morgan fingerprint density at radius 3 is 2.36 bits per heavy atom. The first kappa shape index (κ1) is 18.7. The Labute approximate surface area is 134 Å². The highest BCUT2D eigenvalue weighted by atomic mass is 16.5. The molecular formula is C15H31N5O2. The average Bonchev–Trinajstić information content (AvgIpc) is 2.51. The summed E-state index contributed by atoms with van der Waals surface area (Å²) in [6.45, 7) is 11.7. The second kappa shape index (κ2) is 8.95. The molecule has 1 saturated heterocycles. The summed E-state index contributed by atoms with van der Waals surface area (Å²) in [6, 6.07) is 0. The van der Waals surface area contributed by atoms with Gasteiger partial charge in [-0.15, -0.1) is 0 Å². The minimum Gasteiger partial charge on any atom is -0.377 e. The minimum absolute atomic E-state index is 0.170. The lowest BCUT2D eigenvalue weighted by atomic mass is 10.1. The van der Waals surface area contributed by atoms with Gasteiger partial charge < -0.3 is 20.3 Å². The van der Waals surface area contributed by atoms with Crippen LogP contribution in [0.5, 0.6) is 0 Å². The average molecular weight is 313 g/mol. The second-order valence-electron chi connectivity index (χ2n) is 6.16. The maximum Gasteiger partial charge on any atom is 0.219 e. The first-order chi connectivity index (χ1) is 10.4. The molecule has 7 heteroatoms. The number of nitrogens with one attached hydrogen (secondary N) is 2. The maximum absolute atomic E-state index is 11.3. The number of hydrogen-bond acceptors (Lipinski definition) is 4. The Hall–Kier alpha value is -1.34. The largest absolute Gasteiger partial charge is 0.377 e. The number of guanidine groups is 1. The van der Waals surface area contributed by atoms with E-state index < -0.39 is 0 Å². The number of ether oxygens (including phenoxy) is 1. The molecular weight excluding hydrogens is 282 g/mol. The molecule has 1 amide bonds. The summed E-state index contributed by atoms with van der Waals surface area (Å²) in [7, 11) is 3.47. The van der Waals surface area contributed by atoms with Crippen LogP contribution in [-0.4, -0.2) is 87.2 Å². The molecule has 1 fully saturated rings. The van der Waals surface area contributed by atoms with Crippen LogP contribution in [0.2, 0.25) is 0 Å². The molecule has 0 radical (unpaired) electrons. The normalized spacial score (nSPS) is 17.5. The van der Waals surface area contributed by atoms with Gasteiger partial charge >= 0.3 is 0 Å². The van der Waals surface area contributed by atoms with Crippen molar-refractivity contribution >= 4 is 11.9 Å². The van der Waals surface area contributed by atoms with Crippen molar-refractivity contribution in [1.29, 1.82) is 0 Å². The smallest absolute Gasteiger partial charge is 0.219 e. The molecule has 0 bridgehead atoms. The van der Waals surface area contributed by atoms with Crippen LogP contribution in [0, 0.1) is 0 Å². The molecule has 0 aromatic carbocycles. The van der Waals surface area contributed by atoms with Crippen LogP contribution in [0.15, 0.2) is 4.99 Å². The zero-order chi connectivity index (χ0) is 16.6. The van der Waals surface area contributed by atoms with E-state index in [4.69, 9.17) is 4.74 Å². The monoisotopic (exact) mass is 313 g/mol. The fourth-order valence-electron chi connectivity index (χ4n) is 2.21. The van der Waals surface area contributed by atoms with Crippen molar-refractivity contribution in [3.05, 3.63) is 0 Å². The molecule has 2 N–H and O–H groups in total. The highest BCUT2D eigenvalue weighted by Gasteiger charge is 2.18. The van der Waals surface area contributed by atoms with Crippen LogP contribution in [0.4, 0.5) is 0 Å². The van der Waals surface area contributed by atoms with Gasteiger partial charge in [0.05, 0.1) is 5.60 Å². The fraction of sp³-hybridized carbons (Fsp3) is 0.867. The van der Waals surface area contributed by atoms with E-state index in [0.29, 0.717) is 6.54 Å². The van der Waals surface area contributed by atoms with Crippen molar-refractivity contribution in [2.75, 3.05) is 60.0 Å². The number of hydrogen-bond donors (Lipinski definition) is 2. The first-order valence-electron chi connectivity index (χ1n) is 7.85. The molecule has 1 aliphatic rings. The van der Waals surface area contributed by atoms with Gasteiger partial charge in [-0.25, -0.2) is 0 Å². The summed E-state index contributed by atoms with van der Waals surface area (Å²) in [4.78, 5) is 19.8. The SMILES string of the molecule is CN=C(NCCN1CCN(C(C)=O)CC1)NCC(C)(C)OC. The van der Waals surface area contributed by atoms with Crippen LogP contribution >= 0.6 is 0 Å². The van der Waals surface area contributed by atoms with E-state index in [9.17, 15) is 4.79 Å². The summed E-state index contributed by atoms with van der Waals surface area (Å²) >= 11 is 0. The number of carbonyl (C=O) groups excluding carboxylic acids is 1. The van der Waals surface area contributed by atoms with Crippen LogP contribution < -0.4 is 10.6 Å². The quantitative estimate of drug-likeness (QED) is 0.522. The van der Waals surface area contributed by atoms with Gasteiger partial charge in [-0.2, -0.15) is 0 Å². The predicted molar refractivity (Wildman–Crippen MR) is 89.1 cm³/mol. The fourth-order valence-corrected chi connectivity index (χ4v) is 2.21. The molecule has 0 spiro atoms. The Morgan fingerprint density at radius 2 is 1.86 bits per heavy atom. The van der Waals surface area contributed by atoms with E-state index >= 15 is 0 Å².